The van der Waals surface area contributed by atoms with Gasteiger partial charge in [-0.15, -0.1) is 0 Å². The Bertz CT molecular complexity index is 757. The first kappa shape index (κ1) is 14.8. The standard InChI is InChI=1S/C16H17N3O2S/c1-11-9-17-16(21)18-15(11)22-10-14(20)19-8-4-6-12-5-2-3-7-13(12)19/h2-3,5,7,9H,4,6,8,10H2,1H3,(H,17,18,21). The van der Waals surface area contributed by atoms with Gasteiger partial charge in [0.25, 0.3) is 0 Å². The molecule has 3 rings (SSSR count). The summed E-state index contributed by atoms with van der Waals surface area (Å²) >= 11 is 1.35. The van der Waals surface area contributed by atoms with Crippen molar-refractivity contribution in [3.8, 4) is 0 Å². The minimum absolute atomic E-state index is 0.0641. The summed E-state index contributed by atoms with van der Waals surface area (Å²) < 4.78 is 0. The first-order chi connectivity index (χ1) is 10.6. The van der Waals surface area contributed by atoms with Crippen molar-refractivity contribution >= 4 is 23.4 Å². The number of carbonyl (C=O) groups is 1. The molecule has 6 heteroatoms. The van der Waals surface area contributed by atoms with Crippen molar-refractivity contribution in [2.24, 2.45) is 0 Å². The molecular weight excluding hydrogens is 298 g/mol. The Morgan fingerprint density at radius 3 is 3.09 bits per heavy atom. The fourth-order valence-corrected chi connectivity index (χ4v) is 3.46. The van der Waals surface area contributed by atoms with E-state index in [1.54, 1.807) is 0 Å². The predicted octanol–water partition coefficient (Wildman–Crippen LogP) is 2.15. The number of carbonyl (C=O) groups excluding carboxylic acids is 1. The van der Waals surface area contributed by atoms with Crippen LogP contribution in [0.1, 0.15) is 17.5 Å². The molecule has 0 atom stereocenters. The van der Waals surface area contributed by atoms with E-state index in [1.807, 2.05) is 30.0 Å². The fraction of sp³-hybridized carbons (Fsp3) is 0.312. The highest BCUT2D eigenvalue weighted by Crippen LogP contribution is 2.28. The van der Waals surface area contributed by atoms with Gasteiger partial charge in [0.1, 0.15) is 0 Å². The molecular formula is C16H17N3O2S. The van der Waals surface area contributed by atoms with Crippen LogP contribution in [-0.4, -0.2) is 28.2 Å². The number of amides is 1. The van der Waals surface area contributed by atoms with Gasteiger partial charge in [0.2, 0.25) is 5.91 Å². The lowest BCUT2D eigenvalue weighted by Crippen LogP contribution is -2.36. The van der Waals surface area contributed by atoms with Crippen molar-refractivity contribution in [2.75, 3.05) is 17.2 Å². The van der Waals surface area contributed by atoms with Crippen LogP contribution in [0.25, 0.3) is 0 Å². The Hall–Kier alpha value is -2.08. The largest absolute Gasteiger partial charge is 0.345 e. The number of nitrogens with zero attached hydrogens (tertiary/aromatic N) is 2. The van der Waals surface area contributed by atoms with Crippen LogP contribution < -0.4 is 10.6 Å². The SMILES string of the molecule is Cc1cnc(=O)[nH]c1SCC(=O)N1CCCc2ccccc21. The van der Waals surface area contributed by atoms with Crippen LogP contribution in [0.5, 0.6) is 0 Å². The third kappa shape index (κ3) is 3.06. The van der Waals surface area contributed by atoms with Crippen molar-refractivity contribution < 1.29 is 4.79 Å². The van der Waals surface area contributed by atoms with E-state index < -0.39 is 0 Å². The third-order valence-electron chi connectivity index (χ3n) is 3.71. The van der Waals surface area contributed by atoms with E-state index in [1.165, 1.54) is 23.5 Å². The topological polar surface area (TPSA) is 66.1 Å². The summed E-state index contributed by atoms with van der Waals surface area (Å²) in [7, 11) is 0. The van der Waals surface area contributed by atoms with E-state index in [0.717, 1.165) is 30.6 Å². The maximum absolute atomic E-state index is 12.5. The highest BCUT2D eigenvalue weighted by Gasteiger charge is 2.22. The normalized spacial score (nSPS) is 13.8. The number of anilines is 1. The average molecular weight is 315 g/mol. The van der Waals surface area contributed by atoms with E-state index in [-0.39, 0.29) is 11.6 Å². The highest BCUT2D eigenvalue weighted by molar-refractivity contribution is 8.00. The molecule has 22 heavy (non-hydrogen) atoms. The summed E-state index contributed by atoms with van der Waals surface area (Å²) in [4.78, 5) is 32.0. The molecule has 1 amide bonds. The molecule has 114 valence electrons. The number of fused-ring (bicyclic) bond motifs is 1. The van der Waals surface area contributed by atoms with Gasteiger partial charge in [-0.05, 0) is 37.0 Å². The van der Waals surface area contributed by atoms with Gasteiger partial charge in [0.05, 0.1) is 10.8 Å². The number of hydrogen-bond donors (Lipinski definition) is 1. The van der Waals surface area contributed by atoms with Gasteiger partial charge in [-0.2, -0.15) is 0 Å². The van der Waals surface area contributed by atoms with Crippen LogP contribution >= 0.6 is 11.8 Å². The molecule has 0 radical (unpaired) electrons. The second-order valence-corrected chi connectivity index (χ2v) is 6.25. The molecule has 0 bridgehead atoms. The molecule has 1 N–H and O–H groups in total. The van der Waals surface area contributed by atoms with Gasteiger partial charge in [-0.3, -0.25) is 4.79 Å². The Balaban J connectivity index is 1.73. The maximum atomic E-state index is 12.5. The zero-order valence-corrected chi connectivity index (χ0v) is 13.2. The van der Waals surface area contributed by atoms with E-state index in [0.29, 0.717) is 10.8 Å². The monoisotopic (exact) mass is 315 g/mol. The zero-order valence-electron chi connectivity index (χ0n) is 12.3. The number of aromatic nitrogens is 2. The maximum Gasteiger partial charge on any atom is 0.345 e. The average Bonchev–Trinajstić information content (AvgIpc) is 2.55. The summed E-state index contributed by atoms with van der Waals surface area (Å²) in [6, 6.07) is 8.04. The fourth-order valence-electron chi connectivity index (χ4n) is 2.60. The summed E-state index contributed by atoms with van der Waals surface area (Å²) in [5, 5.41) is 0.707. The second kappa shape index (κ2) is 6.36. The number of nitrogens with one attached hydrogen (secondary N) is 1. The van der Waals surface area contributed by atoms with Crippen LogP contribution in [0.4, 0.5) is 5.69 Å². The van der Waals surface area contributed by atoms with Crippen molar-refractivity contribution in [1.29, 1.82) is 0 Å². The molecule has 0 spiro atoms. The number of H-pyrrole nitrogens is 1. The van der Waals surface area contributed by atoms with Gasteiger partial charge in [-0.25, -0.2) is 9.78 Å². The molecule has 1 aromatic carbocycles. The number of hydrogen-bond acceptors (Lipinski definition) is 4. The van der Waals surface area contributed by atoms with Crippen molar-refractivity contribution in [3.63, 3.8) is 0 Å². The molecule has 1 aliphatic heterocycles. The minimum atomic E-state index is -0.385. The Morgan fingerprint density at radius 1 is 1.41 bits per heavy atom. The van der Waals surface area contributed by atoms with E-state index in [9.17, 15) is 9.59 Å². The number of aryl methyl sites for hydroxylation is 2. The molecule has 1 aliphatic rings. The first-order valence-electron chi connectivity index (χ1n) is 7.22. The molecule has 0 aliphatic carbocycles. The van der Waals surface area contributed by atoms with Gasteiger partial charge in [0.15, 0.2) is 0 Å². The summed E-state index contributed by atoms with van der Waals surface area (Å²) in [5.41, 5.74) is 2.72. The molecule has 5 nitrogen and oxygen atoms in total. The van der Waals surface area contributed by atoms with Gasteiger partial charge < -0.3 is 9.88 Å². The second-order valence-electron chi connectivity index (χ2n) is 5.27. The van der Waals surface area contributed by atoms with E-state index in [4.69, 9.17) is 0 Å². The van der Waals surface area contributed by atoms with Gasteiger partial charge in [0, 0.05) is 18.4 Å². The number of aromatic amines is 1. The lowest BCUT2D eigenvalue weighted by atomic mass is 10.0. The van der Waals surface area contributed by atoms with Crippen LogP contribution in [0.3, 0.4) is 0 Å². The van der Waals surface area contributed by atoms with Crippen LogP contribution in [0, 0.1) is 6.92 Å². The van der Waals surface area contributed by atoms with Crippen LogP contribution in [-0.2, 0) is 11.2 Å². The van der Waals surface area contributed by atoms with Crippen molar-refractivity contribution in [2.45, 2.75) is 24.8 Å². The molecule has 0 saturated heterocycles. The quantitative estimate of drug-likeness (QED) is 0.696. The predicted molar refractivity (Wildman–Crippen MR) is 87.4 cm³/mol. The lowest BCUT2D eigenvalue weighted by Gasteiger charge is -2.29. The third-order valence-corrected chi connectivity index (χ3v) is 4.81. The Labute approximate surface area is 132 Å². The zero-order chi connectivity index (χ0) is 15.5. The molecule has 1 aromatic heterocycles. The van der Waals surface area contributed by atoms with Gasteiger partial charge >= 0.3 is 5.69 Å². The summed E-state index contributed by atoms with van der Waals surface area (Å²) in [6.45, 7) is 2.62. The van der Waals surface area contributed by atoms with E-state index in [2.05, 4.69) is 16.0 Å². The molecule has 2 heterocycles. The van der Waals surface area contributed by atoms with Crippen molar-refractivity contribution in [1.82, 2.24) is 9.97 Å². The van der Waals surface area contributed by atoms with Gasteiger partial charge in [-0.1, -0.05) is 30.0 Å². The molecule has 2 aromatic rings. The smallest absolute Gasteiger partial charge is 0.311 e. The molecule has 0 saturated carbocycles. The number of para-hydroxylation sites is 1. The Kier molecular flexibility index (Phi) is 4.29. The molecule has 0 fully saturated rings. The molecule has 0 unspecified atom stereocenters. The minimum Gasteiger partial charge on any atom is -0.311 e. The summed E-state index contributed by atoms with van der Waals surface area (Å²) in [5.74, 6) is 0.365. The highest BCUT2D eigenvalue weighted by atomic mass is 32.2. The number of thioether (sulfide) groups is 1. The van der Waals surface area contributed by atoms with Crippen LogP contribution in [0.2, 0.25) is 0 Å². The summed E-state index contributed by atoms with van der Waals surface area (Å²) in [6.07, 6.45) is 3.53. The Morgan fingerprint density at radius 2 is 2.23 bits per heavy atom. The van der Waals surface area contributed by atoms with E-state index >= 15 is 0 Å². The number of rotatable bonds is 3. The number of benzene rings is 1. The van der Waals surface area contributed by atoms with Crippen LogP contribution in [0.15, 0.2) is 40.3 Å². The van der Waals surface area contributed by atoms with Crippen molar-refractivity contribution in [3.05, 3.63) is 52.1 Å². The first-order valence-corrected chi connectivity index (χ1v) is 8.21. The lowest BCUT2D eigenvalue weighted by molar-refractivity contribution is -0.116.